The van der Waals surface area contributed by atoms with Gasteiger partial charge in [-0.25, -0.2) is 4.39 Å². The number of hydrogen-bond donors (Lipinski definition) is 1. The molecule has 0 radical (unpaired) electrons. The Hall–Kier alpha value is -0.970. The van der Waals surface area contributed by atoms with Crippen molar-refractivity contribution in [3.05, 3.63) is 56.2 Å². The predicted octanol–water partition coefficient (Wildman–Crippen LogP) is 5.52. The fourth-order valence-electron chi connectivity index (χ4n) is 1.75. The maximum atomic E-state index is 13.4. The van der Waals surface area contributed by atoms with Gasteiger partial charge in [-0.15, -0.1) is 0 Å². The van der Waals surface area contributed by atoms with E-state index in [0.29, 0.717) is 17.3 Å². The summed E-state index contributed by atoms with van der Waals surface area (Å²) in [6.07, 6.45) is 0. The summed E-state index contributed by atoms with van der Waals surface area (Å²) in [5.74, 6) is 0.203. The van der Waals surface area contributed by atoms with E-state index in [2.05, 4.69) is 21.2 Å². The fourth-order valence-corrected chi connectivity index (χ4v) is 2.84. The smallest absolute Gasteiger partial charge is 0.156 e. The number of anilines is 1. The SMILES string of the molecule is COc1c(Br)cc(Cl)cc1NCc1ccc(Cl)c(F)c1. The van der Waals surface area contributed by atoms with E-state index < -0.39 is 5.82 Å². The van der Waals surface area contributed by atoms with Crippen LogP contribution in [0, 0.1) is 5.82 Å². The average molecular weight is 379 g/mol. The van der Waals surface area contributed by atoms with Crippen LogP contribution in [0.5, 0.6) is 5.75 Å². The summed E-state index contributed by atoms with van der Waals surface area (Å²) >= 11 is 15.0. The number of hydrogen-bond acceptors (Lipinski definition) is 2. The third kappa shape index (κ3) is 3.57. The molecular weight excluding hydrogens is 368 g/mol. The van der Waals surface area contributed by atoms with Crippen molar-refractivity contribution >= 4 is 44.8 Å². The minimum Gasteiger partial charge on any atom is -0.493 e. The lowest BCUT2D eigenvalue weighted by atomic mass is 10.2. The van der Waals surface area contributed by atoms with Gasteiger partial charge in [-0.2, -0.15) is 0 Å². The average Bonchev–Trinajstić information content (AvgIpc) is 2.39. The summed E-state index contributed by atoms with van der Waals surface area (Å²) < 4.78 is 19.4. The third-order valence-corrected chi connectivity index (χ3v) is 3.79. The van der Waals surface area contributed by atoms with Gasteiger partial charge in [-0.05, 0) is 45.8 Å². The molecule has 0 unspecified atom stereocenters. The molecule has 0 fully saturated rings. The van der Waals surface area contributed by atoms with E-state index in [4.69, 9.17) is 27.9 Å². The first-order chi connectivity index (χ1) is 9.51. The molecule has 0 aliphatic rings. The molecule has 0 bridgehead atoms. The molecule has 2 rings (SSSR count). The highest BCUT2D eigenvalue weighted by Crippen LogP contribution is 2.36. The van der Waals surface area contributed by atoms with Crippen LogP contribution in [0.15, 0.2) is 34.8 Å². The van der Waals surface area contributed by atoms with Crippen LogP contribution >= 0.6 is 39.1 Å². The first kappa shape index (κ1) is 15.4. The van der Waals surface area contributed by atoms with Crippen molar-refractivity contribution in [2.24, 2.45) is 0 Å². The summed E-state index contributed by atoms with van der Waals surface area (Å²) in [4.78, 5) is 0. The zero-order chi connectivity index (χ0) is 14.7. The van der Waals surface area contributed by atoms with Gasteiger partial charge in [0.25, 0.3) is 0 Å². The minimum atomic E-state index is -0.440. The highest BCUT2D eigenvalue weighted by atomic mass is 79.9. The molecule has 2 nitrogen and oxygen atoms in total. The van der Waals surface area contributed by atoms with Gasteiger partial charge in [0.1, 0.15) is 5.82 Å². The van der Waals surface area contributed by atoms with Gasteiger partial charge >= 0.3 is 0 Å². The Kier molecular flexibility index (Phi) is 5.13. The molecule has 0 atom stereocenters. The van der Waals surface area contributed by atoms with E-state index in [9.17, 15) is 4.39 Å². The molecule has 0 aromatic heterocycles. The van der Waals surface area contributed by atoms with E-state index in [1.807, 2.05) is 0 Å². The summed E-state index contributed by atoms with van der Waals surface area (Å²) in [6, 6.07) is 8.16. The first-order valence-corrected chi connectivity index (χ1v) is 7.27. The van der Waals surface area contributed by atoms with Gasteiger partial charge < -0.3 is 10.1 Å². The van der Waals surface area contributed by atoms with Crippen molar-refractivity contribution in [2.45, 2.75) is 6.54 Å². The summed E-state index contributed by atoms with van der Waals surface area (Å²) in [6.45, 7) is 0.428. The van der Waals surface area contributed by atoms with E-state index in [1.54, 1.807) is 25.3 Å². The summed E-state index contributed by atoms with van der Waals surface area (Å²) in [7, 11) is 1.57. The number of rotatable bonds is 4. The number of halogens is 4. The standard InChI is InChI=1S/C14H11BrCl2FNO/c1-20-14-10(15)5-9(16)6-13(14)19-7-8-2-3-11(17)12(18)4-8/h2-6,19H,7H2,1H3. The van der Waals surface area contributed by atoms with Gasteiger partial charge in [-0.3, -0.25) is 0 Å². The molecule has 2 aromatic carbocycles. The van der Waals surface area contributed by atoms with Crippen molar-refractivity contribution in [1.29, 1.82) is 0 Å². The monoisotopic (exact) mass is 377 g/mol. The molecule has 2 aromatic rings. The van der Waals surface area contributed by atoms with Crippen LogP contribution in [0.25, 0.3) is 0 Å². The maximum absolute atomic E-state index is 13.4. The number of ether oxygens (including phenoxy) is 1. The van der Waals surface area contributed by atoms with Crippen LogP contribution in [0.3, 0.4) is 0 Å². The summed E-state index contributed by atoms with van der Waals surface area (Å²) in [5, 5.41) is 3.84. The lowest BCUT2D eigenvalue weighted by Gasteiger charge is -2.13. The Labute approximate surface area is 135 Å². The minimum absolute atomic E-state index is 0.108. The van der Waals surface area contributed by atoms with Crippen molar-refractivity contribution in [3.63, 3.8) is 0 Å². The van der Waals surface area contributed by atoms with Crippen molar-refractivity contribution < 1.29 is 9.13 Å². The van der Waals surface area contributed by atoms with E-state index >= 15 is 0 Å². The molecule has 0 aliphatic carbocycles. The van der Waals surface area contributed by atoms with Crippen LogP contribution < -0.4 is 10.1 Å². The predicted molar refractivity (Wildman–Crippen MR) is 84.4 cm³/mol. The van der Waals surface area contributed by atoms with Crippen LogP contribution in [-0.2, 0) is 6.54 Å². The zero-order valence-corrected chi connectivity index (χ0v) is 13.6. The molecule has 6 heteroatoms. The van der Waals surface area contributed by atoms with Gasteiger partial charge in [0.05, 0.1) is 22.3 Å². The molecular formula is C14H11BrCl2FNO. The van der Waals surface area contributed by atoms with Gasteiger partial charge in [0.15, 0.2) is 5.75 Å². The Balaban J connectivity index is 2.20. The van der Waals surface area contributed by atoms with Gasteiger partial charge in [-0.1, -0.05) is 29.3 Å². The largest absolute Gasteiger partial charge is 0.493 e. The second-order valence-corrected chi connectivity index (χ2v) is 5.77. The van der Waals surface area contributed by atoms with E-state index in [1.165, 1.54) is 12.1 Å². The lowest BCUT2D eigenvalue weighted by Crippen LogP contribution is -2.02. The van der Waals surface area contributed by atoms with E-state index in [0.717, 1.165) is 15.7 Å². The van der Waals surface area contributed by atoms with Crippen LogP contribution in [0.2, 0.25) is 10.0 Å². The summed E-state index contributed by atoms with van der Waals surface area (Å²) in [5.41, 5.74) is 1.49. The molecule has 1 N–H and O–H groups in total. The Morgan fingerprint density at radius 2 is 2.00 bits per heavy atom. The van der Waals surface area contributed by atoms with Crippen LogP contribution in [-0.4, -0.2) is 7.11 Å². The third-order valence-electron chi connectivity index (χ3n) is 2.68. The number of nitrogens with one attached hydrogen (secondary N) is 1. The topological polar surface area (TPSA) is 21.3 Å². The molecule has 0 saturated heterocycles. The Morgan fingerprint density at radius 1 is 1.25 bits per heavy atom. The molecule has 0 saturated carbocycles. The van der Waals surface area contributed by atoms with Gasteiger partial charge in [0.2, 0.25) is 0 Å². The van der Waals surface area contributed by atoms with Gasteiger partial charge in [0, 0.05) is 11.6 Å². The fraction of sp³-hybridized carbons (Fsp3) is 0.143. The Morgan fingerprint density at radius 3 is 2.65 bits per heavy atom. The maximum Gasteiger partial charge on any atom is 0.156 e. The number of benzene rings is 2. The number of methoxy groups -OCH3 is 1. The second kappa shape index (κ2) is 6.66. The lowest BCUT2D eigenvalue weighted by molar-refractivity contribution is 0.414. The molecule has 106 valence electrons. The van der Waals surface area contributed by atoms with Crippen LogP contribution in [0.4, 0.5) is 10.1 Å². The molecule has 0 amide bonds. The molecule has 0 spiro atoms. The molecule has 0 aliphatic heterocycles. The van der Waals surface area contributed by atoms with Crippen LogP contribution in [0.1, 0.15) is 5.56 Å². The quantitative estimate of drug-likeness (QED) is 0.756. The Bertz CT molecular complexity index is 637. The van der Waals surface area contributed by atoms with Crippen molar-refractivity contribution in [1.82, 2.24) is 0 Å². The second-order valence-electron chi connectivity index (χ2n) is 4.07. The van der Waals surface area contributed by atoms with E-state index in [-0.39, 0.29) is 5.02 Å². The van der Waals surface area contributed by atoms with Crippen molar-refractivity contribution in [3.8, 4) is 5.75 Å². The highest BCUT2D eigenvalue weighted by Gasteiger charge is 2.09. The molecule has 0 heterocycles. The van der Waals surface area contributed by atoms with Crippen molar-refractivity contribution in [2.75, 3.05) is 12.4 Å². The highest BCUT2D eigenvalue weighted by molar-refractivity contribution is 9.10. The first-order valence-electron chi connectivity index (χ1n) is 5.72. The normalized spacial score (nSPS) is 10.4. The zero-order valence-electron chi connectivity index (χ0n) is 10.5. The molecule has 20 heavy (non-hydrogen) atoms.